The normalized spacial score (nSPS) is 20.0. The molecule has 0 aliphatic carbocycles. The average Bonchev–Trinajstić information content (AvgIpc) is 2.20. The number of nitrogens with two attached hydrogens (primary N) is 1. The van der Waals surface area contributed by atoms with Gasteiger partial charge in [0.05, 0.1) is 5.92 Å². The molecule has 1 aliphatic rings. The first-order valence-corrected chi connectivity index (χ1v) is 4.25. The molecule has 1 aliphatic heterocycles. The van der Waals surface area contributed by atoms with Gasteiger partial charge in [0.15, 0.2) is 0 Å². The Kier molecular flexibility index (Phi) is 2.10. The Balaban J connectivity index is 2.39. The van der Waals surface area contributed by atoms with Gasteiger partial charge in [-0.25, -0.2) is 0 Å². The maximum Gasteiger partial charge on any atom is 0.264 e. The number of carbonyl (C=O) groups is 1. The Bertz CT molecular complexity index is 387. The van der Waals surface area contributed by atoms with Crippen molar-refractivity contribution in [1.29, 1.82) is 0 Å². The summed E-state index contributed by atoms with van der Waals surface area (Å²) in [6.07, 6.45) is 3.11. The molecule has 1 aromatic rings. The van der Waals surface area contributed by atoms with Crippen LogP contribution in [0.5, 0.6) is 0 Å². The topological polar surface area (TPSA) is 64.3 Å². The van der Waals surface area contributed by atoms with Crippen molar-refractivity contribution in [3.05, 3.63) is 42.2 Å². The van der Waals surface area contributed by atoms with Crippen LogP contribution in [-0.2, 0) is 9.63 Å². The van der Waals surface area contributed by atoms with Crippen LogP contribution in [0.4, 0.5) is 5.69 Å². The Morgan fingerprint density at radius 2 is 2.14 bits per heavy atom. The minimum Gasteiger partial charge on any atom is -0.398 e. The van der Waals surface area contributed by atoms with E-state index in [-0.39, 0.29) is 11.8 Å². The van der Waals surface area contributed by atoms with E-state index in [1.165, 1.54) is 6.26 Å². The smallest absolute Gasteiger partial charge is 0.264 e. The molecule has 3 N–H and O–H groups in total. The molecule has 0 radical (unpaired) electrons. The second kappa shape index (κ2) is 3.41. The lowest BCUT2D eigenvalue weighted by molar-refractivity contribution is -0.131. The van der Waals surface area contributed by atoms with Gasteiger partial charge in [0.1, 0.15) is 6.26 Å². The number of nitrogen functional groups attached to an aromatic ring is 1. The van der Waals surface area contributed by atoms with E-state index in [9.17, 15) is 4.79 Å². The number of nitrogens with one attached hydrogen (secondary N) is 1. The van der Waals surface area contributed by atoms with Crippen molar-refractivity contribution in [1.82, 2.24) is 5.48 Å². The molecule has 1 amide bonds. The molecular formula is C10H10N2O2. The Hall–Kier alpha value is -1.97. The van der Waals surface area contributed by atoms with Gasteiger partial charge in [0.25, 0.3) is 5.91 Å². The van der Waals surface area contributed by atoms with Gasteiger partial charge in [-0.3, -0.25) is 4.79 Å². The predicted molar refractivity (Wildman–Crippen MR) is 52.0 cm³/mol. The Morgan fingerprint density at radius 3 is 2.86 bits per heavy atom. The van der Waals surface area contributed by atoms with Crippen LogP contribution in [0, 0.1) is 0 Å². The van der Waals surface area contributed by atoms with Crippen LogP contribution >= 0.6 is 0 Å². The Morgan fingerprint density at radius 1 is 1.36 bits per heavy atom. The van der Waals surface area contributed by atoms with Crippen molar-refractivity contribution >= 4 is 11.6 Å². The van der Waals surface area contributed by atoms with Gasteiger partial charge in [-0.1, -0.05) is 18.2 Å². The van der Waals surface area contributed by atoms with Crippen molar-refractivity contribution < 1.29 is 9.63 Å². The molecule has 0 saturated heterocycles. The fraction of sp³-hybridized carbons (Fsp3) is 0.100. The zero-order chi connectivity index (χ0) is 9.97. The Labute approximate surface area is 81.3 Å². The zero-order valence-electron chi connectivity index (χ0n) is 7.44. The van der Waals surface area contributed by atoms with Crippen LogP contribution in [0.1, 0.15) is 11.5 Å². The number of amides is 1. The van der Waals surface area contributed by atoms with Crippen molar-refractivity contribution in [2.24, 2.45) is 0 Å². The summed E-state index contributed by atoms with van der Waals surface area (Å²) in [6.45, 7) is 0. The molecule has 14 heavy (non-hydrogen) atoms. The van der Waals surface area contributed by atoms with Crippen LogP contribution < -0.4 is 11.2 Å². The van der Waals surface area contributed by atoms with E-state index in [2.05, 4.69) is 10.3 Å². The lowest BCUT2D eigenvalue weighted by Gasteiger charge is -2.17. The fourth-order valence-corrected chi connectivity index (χ4v) is 1.40. The summed E-state index contributed by atoms with van der Waals surface area (Å²) in [7, 11) is 0. The highest BCUT2D eigenvalue weighted by Gasteiger charge is 2.22. The minimum absolute atomic E-state index is 0.203. The number of anilines is 1. The van der Waals surface area contributed by atoms with Crippen LogP contribution in [-0.4, -0.2) is 5.91 Å². The molecule has 1 unspecified atom stereocenters. The van der Waals surface area contributed by atoms with E-state index >= 15 is 0 Å². The first-order chi connectivity index (χ1) is 6.79. The lowest BCUT2D eigenvalue weighted by atomic mass is 9.96. The highest BCUT2D eigenvalue weighted by molar-refractivity contribution is 5.87. The molecule has 4 nitrogen and oxygen atoms in total. The summed E-state index contributed by atoms with van der Waals surface area (Å²) >= 11 is 0. The van der Waals surface area contributed by atoms with Crippen molar-refractivity contribution in [3.63, 3.8) is 0 Å². The monoisotopic (exact) mass is 190 g/mol. The third-order valence-corrected chi connectivity index (χ3v) is 2.11. The van der Waals surface area contributed by atoms with Crippen LogP contribution in [0.3, 0.4) is 0 Å². The second-order valence-corrected chi connectivity index (χ2v) is 3.02. The minimum atomic E-state index is -0.357. The van der Waals surface area contributed by atoms with E-state index in [4.69, 9.17) is 5.73 Å². The molecule has 0 saturated carbocycles. The molecule has 0 bridgehead atoms. The van der Waals surface area contributed by atoms with Gasteiger partial charge < -0.3 is 10.6 Å². The summed E-state index contributed by atoms with van der Waals surface area (Å²) in [5, 5.41) is 0. The number of para-hydroxylation sites is 1. The van der Waals surface area contributed by atoms with Gasteiger partial charge >= 0.3 is 0 Å². The quantitative estimate of drug-likeness (QED) is 0.647. The van der Waals surface area contributed by atoms with Crippen molar-refractivity contribution in [2.45, 2.75) is 5.92 Å². The first kappa shape index (κ1) is 8.62. The van der Waals surface area contributed by atoms with Crippen LogP contribution in [0.2, 0.25) is 0 Å². The van der Waals surface area contributed by atoms with E-state index in [0.29, 0.717) is 5.69 Å². The largest absolute Gasteiger partial charge is 0.398 e. The summed E-state index contributed by atoms with van der Waals surface area (Å²) in [5.41, 5.74) is 9.44. The second-order valence-electron chi connectivity index (χ2n) is 3.02. The number of benzene rings is 1. The average molecular weight is 190 g/mol. The third-order valence-electron chi connectivity index (χ3n) is 2.11. The van der Waals surface area contributed by atoms with Gasteiger partial charge in [-0.05, 0) is 17.7 Å². The van der Waals surface area contributed by atoms with Crippen LogP contribution in [0.25, 0.3) is 0 Å². The first-order valence-electron chi connectivity index (χ1n) is 4.25. The van der Waals surface area contributed by atoms with Crippen molar-refractivity contribution in [2.75, 3.05) is 5.73 Å². The molecule has 4 heteroatoms. The standard InChI is InChI=1S/C10H10N2O2/c11-9-4-2-1-3-7(9)8-5-6-14-12-10(8)13/h1-6,8H,11H2,(H,12,13). The molecule has 0 fully saturated rings. The molecule has 0 spiro atoms. The molecule has 2 rings (SSSR count). The molecule has 72 valence electrons. The molecule has 0 aromatic heterocycles. The van der Waals surface area contributed by atoms with Crippen molar-refractivity contribution in [3.8, 4) is 0 Å². The van der Waals surface area contributed by atoms with Crippen LogP contribution in [0.15, 0.2) is 36.6 Å². The number of rotatable bonds is 1. The van der Waals surface area contributed by atoms with E-state index < -0.39 is 0 Å². The molecular weight excluding hydrogens is 180 g/mol. The number of hydrogen-bond donors (Lipinski definition) is 2. The van der Waals surface area contributed by atoms with Gasteiger partial charge in [-0.2, -0.15) is 5.48 Å². The SMILES string of the molecule is Nc1ccccc1C1C=CONC1=O. The molecule has 1 heterocycles. The van der Waals surface area contributed by atoms with E-state index in [1.54, 1.807) is 12.1 Å². The summed E-state index contributed by atoms with van der Waals surface area (Å²) in [5.74, 6) is -0.560. The third kappa shape index (κ3) is 1.42. The predicted octanol–water partition coefficient (Wildman–Crippen LogP) is 0.927. The maximum atomic E-state index is 11.4. The summed E-state index contributed by atoms with van der Waals surface area (Å²) < 4.78 is 0. The van der Waals surface area contributed by atoms with Gasteiger partial charge in [0.2, 0.25) is 0 Å². The van der Waals surface area contributed by atoms with E-state index in [1.807, 2.05) is 18.2 Å². The maximum absolute atomic E-state index is 11.4. The highest BCUT2D eigenvalue weighted by Crippen LogP contribution is 2.24. The number of carbonyl (C=O) groups excluding carboxylic acids is 1. The number of hydrogen-bond acceptors (Lipinski definition) is 3. The summed E-state index contributed by atoms with van der Waals surface area (Å²) in [6, 6.07) is 7.28. The number of hydroxylamine groups is 1. The summed E-state index contributed by atoms with van der Waals surface area (Å²) in [4.78, 5) is 16.1. The highest BCUT2D eigenvalue weighted by atomic mass is 16.6. The van der Waals surface area contributed by atoms with E-state index in [0.717, 1.165) is 5.56 Å². The van der Waals surface area contributed by atoms with Gasteiger partial charge in [0, 0.05) is 5.69 Å². The zero-order valence-corrected chi connectivity index (χ0v) is 7.44. The molecule has 1 atom stereocenters. The van der Waals surface area contributed by atoms with Gasteiger partial charge in [-0.15, -0.1) is 0 Å². The fourth-order valence-electron chi connectivity index (χ4n) is 1.40. The molecule has 1 aromatic carbocycles. The lowest BCUT2D eigenvalue weighted by Crippen LogP contribution is -2.30.